The molecule has 0 aliphatic heterocycles. The van der Waals surface area contributed by atoms with Gasteiger partial charge in [-0.1, -0.05) is 0 Å². The van der Waals surface area contributed by atoms with Gasteiger partial charge in [-0.15, -0.1) is 0 Å². The summed E-state index contributed by atoms with van der Waals surface area (Å²) in [6.07, 6.45) is 1.72. The predicted octanol–water partition coefficient (Wildman–Crippen LogP) is 3.55. The van der Waals surface area contributed by atoms with Gasteiger partial charge in [-0.2, -0.15) is 0 Å². The van der Waals surface area contributed by atoms with Crippen molar-refractivity contribution in [2.75, 3.05) is 0 Å². The first-order valence-corrected chi connectivity index (χ1v) is 7.69. The zero-order chi connectivity index (χ0) is 13.6. The molecule has 6 heteroatoms. The van der Waals surface area contributed by atoms with E-state index in [1.54, 1.807) is 6.20 Å². The van der Waals surface area contributed by atoms with Crippen molar-refractivity contribution in [3.8, 4) is 17.1 Å². The maximum absolute atomic E-state index is 10.2. The zero-order valence-electron chi connectivity index (χ0n) is 9.93. The second-order valence-corrected chi connectivity index (χ2v) is 6.53. The average Bonchev–Trinajstić information content (AvgIpc) is 2.72. The van der Waals surface area contributed by atoms with Crippen molar-refractivity contribution in [3.63, 3.8) is 0 Å². The van der Waals surface area contributed by atoms with Crippen molar-refractivity contribution >= 4 is 56.3 Å². The Balaban J connectivity index is 2.33. The van der Waals surface area contributed by atoms with Gasteiger partial charge >= 0.3 is 0 Å². The molecule has 4 nitrogen and oxygen atoms in total. The van der Waals surface area contributed by atoms with Gasteiger partial charge in [-0.3, -0.25) is 0 Å². The molecule has 0 aliphatic rings. The van der Waals surface area contributed by atoms with Gasteiger partial charge in [0.25, 0.3) is 0 Å². The van der Waals surface area contributed by atoms with Gasteiger partial charge in [-0.05, 0) is 69.4 Å². The van der Waals surface area contributed by atoms with Crippen LogP contribution in [0.3, 0.4) is 0 Å². The fourth-order valence-corrected chi connectivity index (χ4v) is 3.85. The second-order valence-electron chi connectivity index (χ2n) is 4.12. The molecule has 3 rings (SSSR count). The quantitative estimate of drug-likeness (QED) is 0.546. The number of imidazole rings is 1. The molecule has 0 amide bonds. The second kappa shape index (κ2) is 4.89. The summed E-state index contributed by atoms with van der Waals surface area (Å²) >= 11 is 4.36. The molecular formula is C13H9I2N3O. The highest BCUT2D eigenvalue weighted by molar-refractivity contribution is 14.1. The van der Waals surface area contributed by atoms with E-state index in [1.807, 2.05) is 35.9 Å². The molecule has 0 atom stereocenters. The maximum atomic E-state index is 10.2. The summed E-state index contributed by atoms with van der Waals surface area (Å²) in [6.45, 7) is 0. The molecule has 1 aromatic carbocycles. The van der Waals surface area contributed by atoms with Crippen molar-refractivity contribution in [3.05, 3.63) is 37.6 Å². The molecular weight excluding hydrogens is 468 g/mol. The minimum atomic E-state index is 0.263. The standard InChI is InChI=1S/C13H9I2N3O/c1-18-10-3-2-4-16-12(10)17-13(18)8-5-7(14)6-9(15)11(8)19/h2-6,19H,1H3. The van der Waals surface area contributed by atoms with Crippen LogP contribution in [0.25, 0.3) is 22.6 Å². The van der Waals surface area contributed by atoms with E-state index in [4.69, 9.17) is 0 Å². The molecule has 0 spiro atoms. The molecule has 3 aromatic rings. The third-order valence-corrected chi connectivity index (χ3v) is 4.37. The summed E-state index contributed by atoms with van der Waals surface area (Å²) in [5.74, 6) is 0.988. The Morgan fingerprint density at radius 2 is 2.05 bits per heavy atom. The number of hydrogen-bond donors (Lipinski definition) is 1. The summed E-state index contributed by atoms with van der Waals surface area (Å²) in [4.78, 5) is 8.76. The third-order valence-electron chi connectivity index (χ3n) is 2.93. The number of aromatic nitrogens is 3. The van der Waals surface area contributed by atoms with E-state index in [9.17, 15) is 5.11 Å². The third kappa shape index (κ3) is 2.20. The Labute approximate surface area is 137 Å². The van der Waals surface area contributed by atoms with Crippen LogP contribution in [0.2, 0.25) is 0 Å². The lowest BCUT2D eigenvalue weighted by molar-refractivity contribution is 0.472. The van der Waals surface area contributed by atoms with E-state index < -0.39 is 0 Å². The Kier molecular flexibility index (Phi) is 3.37. The maximum Gasteiger partial charge on any atom is 0.178 e. The van der Waals surface area contributed by atoms with Gasteiger partial charge in [0.05, 0.1) is 14.7 Å². The summed E-state index contributed by atoms with van der Waals surface area (Å²) in [5.41, 5.74) is 2.37. The van der Waals surface area contributed by atoms with Gasteiger partial charge in [0, 0.05) is 16.8 Å². The number of phenolic OH excluding ortho intramolecular Hbond substituents is 1. The number of pyridine rings is 1. The Morgan fingerprint density at radius 1 is 1.26 bits per heavy atom. The molecule has 0 fully saturated rings. The van der Waals surface area contributed by atoms with Crippen LogP contribution in [-0.4, -0.2) is 19.6 Å². The summed E-state index contributed by atoms with van der Waals surface area (Å²) < 4.78 is 3.83. The fraction of sp³-hybridized carbons (Fsp3) is 0.0769. The van der Waals surface area contributed by atoms with Crippen molar-refractivity contribution in [2.24, 2.45) is 7.05 Å². The van der Waals surface area contributed by atoms with Crippen LogP contribution >= 0.6 is 45.2 Å². The van der Waals surface area contributed by atoms with Crippen molar-refractivity contribution in [1.29, 1.82) is 0 Å². The van der Waals surface area contributed by atoms with E-state index in [1.165, 1.54) is 0 Å². The first kappa shape index (κ1) is 13.1. The van der Waals surface area contributed by atoms with Crippen molar-refractivity contribution in [1.82, 2.24) is 14.5 Å². The molecule has 2 heterocycles. The highest BCUT2D eigenvalue weighted by Gasteiger charge is 2.16. The minimum Gasteiger partial charge on any atom is -0.506 e. The van der Waals surface area contributed by atoms with Gasteiger partial charge in [0.15, 0.2) is 5.65 Å². The number of benzene rings is 1. The van der Waals surface area contributed by atoms with Crippen LogP contribution in [0.1, 0.15) is 0 Å². The highest BCUT2D eigenvalue weighted by Crippen LogP contribution is 2.35. The lowest BCUT2D eigenvalue weighted by Crippen LogP contribution is -1.94. The number of rotatable bonds is 1. The van der Waals surface area contributed by atoms with E-state index in [0.29, 0.717) is 5.65 Å². The van der Waals surface area contributed by atoms with Crippen LogP contribution in [-0.2, 0) is 7.05 Å². The van der Waals surface area contributed by atoms with Gasteiger partial charge < -0.3 is 9.67 Å². The van der Waals surface area contributed by atoms with Crippen LogP contribution in [0.4, 0.5) is 0 Å². The number of aryl methyl sites for hydroxylation is 1. The topological polar surface area (TPSA) is 50.9 Å². The lowest BCUT2D eigenvalue weighted by Gasteiger charge is -2.07. The van der Waals surface area contributed by atoms with Crippen LogP contribution in [0, 0.1) is 7.14 Å². The van der Waals surface area contributed by atoms with E-state index >= 15 is 0 Å². The largest absolute Gasteiger partial charge is 0.506 e. The molecule has 0 radical (unpaired) electrons. The number of fused-ring (bicyclic) bond motifs is 1. The van der Waals surface area contributed by atoms with Crippen LogP contribution in [0.15, 0.2) is 30.5 Å². The Morgan fingerprint density at radius 3 is 2.79 bits per heavy atom. The molecule has 0 aliphatic carbocycles. The minimum absolute atomic E-state index is 0.263. The molecule has 0 saturated carbocycles. The van der Waals surface area contributed by atoms with E-state index in [0.717, 1.165) is 24.0 Å². The Bertz CT molecular complexity index is 783. The average molecular weight is 477 g/mol. The first-order chi connectivity index (χ1) is 9.08. The van der Waals surface area contributed by atoms with Crippen LogP contribution < -0.4 is 0 Å². The summed E-state index contributed by atoms with van der Waals surface area (Å²) in [7, 11) is 1.93. The Hall–Kier alpha value is -0.900. The van der Waals surface area contributed by atoms with Gasteiger partial charge in [0.1, 0.15) is 11.6 Å². The number of phenols is 1. The number of aromatic hydroxyl groups is 1. The summed E-state index contributed by atoms with van der Waals surface area (Å²) in [5, 5.41) is 10.2. The van der Waals surface area contributed by atoms with Gasteiger partial charge in [-0.25, -0.2) is 9.97 Å². The summed E-state index contributed by atoms with van der Waals surface area (Å²) in [6, 6.07) is 7.71. The molecule has 0 saturated heterocycles. The zero-order valence-corrected chi connectivity index (χ0v) is 14.2. The number of halogens is 2. The van der Waals surface area contributed by atoms with E-state index in [-0.39, 0.29) is 5.75 Å². The highest BCUT2D eigenvalue weighted by atomic mass is 127. The SMILES string of the molecule is Cn1c(-c2cc(I)cc(I)c2O)nc2ncccc21. The molecule has 0 unspecified atom stereocenters. The first-order valence-electron chi connectivity index (χ1n) is 5.54. The van der Waals surface area contributed by atoms with Crippen molar-refractivity contribution < 1.29 is 5.11 Å². The lowest BCUT2D eigenvalue weighted by atomic mass is 10.2. The smallest absolute Gasteiger partial charge is 0.178 e. The number of nitrogens with zero attached hydrogens (tertiary/aromatic N) is 3. The van der Waals surface area contributed by atoms with E-state index in [2.05, 4.69) is 55.1 Å². The van der Waals surface area contributed by atoms with Crippen LogP contribution in [0.5, 0.6) is 5.75 Å². The number of hydrogen-bond acceptors (Lipinski definition) is 3. The molecule has 19 heavy (non-hydrogen) atoms. The molecule has 1 N–H and O–H groups in total. The predicted molar refractivity (Wildman–Crippen MR) is 91.0 cm³/mol. The van der Waals surface area contributed by atoms with Crippen molar-refractivity contribution in [2.45, 2.75) is 0 Å². The normalized spacial score (nSPS) is 11.1. The van der Waals surface area contributed by atoms with Gasteiger partial charge in [0.2, 0.25) is 0 Å². The monoisotopic (exact) mass is 477 g/mol. The molecule has 2 aromatic heterocycles. The molecule has 96 valence electrons. The fourth-order valence-electron chi connectivity index (χ4n) is 2.00. The molecule has 0 bridgehead atoms.